The van der Waals surface area contributed by atoms with Crippen molar-refractivity contribution in [1.29, 1.82) is 5.26 Å². The number of nitrogens with zero attached hydrogens (tertiary/aromatic N) is 2. The molecule has 0 bridgehead atoms. The highest BCUT2D eigenvalue weighted by Gasteiger charge is 2.17. The van der Waals surface area contributed by atoms with Crippen LogP contribution in [0, 0.1) is 17.3 Å². The summed E-state index contributed by atoms with van der Waals surface area (Å²) in [7, 11) is 0. The van der Waals surface area contributed by atoms with Crippen LogP contribution in [0.1, 0.15) is 23.2 Å². The number of hydrogen-bond donors (Lipinski definition) is 0. The molecule has 0 radical (unpaired) electrons. The fourth-order valence-corrected chi connectivity index (χ4v) is 1.37. The first-order valence-corrected chi connectivity index (χ1v) is 4.65. The van der Waals surface area contributed by atoms with Gasteiger partial charge in [0.15, 0.2) is 0 Å². The minimum Gasteiger partial charge on any atom is -0.222 e. The average Bonchev–Trinajstić information content (AvgIpc) is 2.16. The van der Waals surface area contributed by atoms with Gasteiger partial charge in [0, 0.05) is 10.9 Å². The Morgan fingerprint density at radius 3 is 2.64 bits per heavy atom. The smallest absolute Gasteiger partial charge is 0.222 e. The molecule has 14 heavy (non-hydrogen) atoms. The van der Waals surface area contributed by atoms with Crippen LogP contribution in [0.4, 0.5) is 13.2 Å². The highest BCUT2D eigenvalue weighted by atomic mass is 79.9. The van der Waals surface area contributed by atoms with Crippen molar-refractivity contribution in [3.8, 4) is 6.07 Å². The van der Waals surface area contributed by atoms with Crippen LogP contribution in [0.5, 0.6) is 0 Å². The first-order valence-electron chi connectivity index (χ1n) is 3.53. The van der Waals surface area contributed by atoms with Crippen LogP contribution < -0.4 is 0 Å². The van der Waals surface area contributed by atoms with Crippen LogP contribution in [0.3, 0.4) is 0 Å². The van der Waals surface area contributed by atoms with Gasteiger partial charge in [-0.05, 0) is 6.07 Å². The minimum absolute atomic E-state index is 0.0231. The molecule has 0 unspecified atom stereocenters. The predicted molar refractivity (Wildman–Crippen MR) is 46.5 cm³/mol. The van der Waals surface area contributed by atoms with Crippen LogP contribution in [-0.4, -0.2) is 4.98 Å². The first-order chi connectivity index (χ1) is 6.60. The molecule has 6 heteroatoms. The van der Waals surface area contributed by atoms with E-state index in [-0.39, 0.29) is 11.0 Å². The molecular formula is C8H4BrF3N2. The van der Waals surface area contributed by atoms with Crippen LogP contribution >= 0.6 is 15.9 Å². The lowest BCUT2D eigenvalue weighted by atomic mass is 10.1. The highest BCUT2D eigenvalue weighted by molar-refractivity contribution is 9.08. The van der Waals surface area contributed by atoms with Gasteiger partial charge in [-0.1, -0.05) is 15.9 Å². The summed E-state index contributed by atoms with van der Waals surface area (Å²) in [6.45, 7) is 0. The van der Waals surface area contributed by atoms with Gasteiger partial charge in [-0.2, -0.15) is 9.65 Å². The molecule has 1 aromatic heterocycles. The predicted octanol–water partition coefficient (Wildman–Crippen LogP) is 2.92. The van der Waals surface area contributed by atoms with E-state index in [1.165, 1.54) is 6.07 Å². The second-order valence-corrected chi connectivity index (χ2v) is 2.97. The van der Waals surface area contributed by atoms with Crippen molar-refractivity contribution in [3.05, 3.63) is 28.8 Å². The molecule has 0 aromatic carbocycles. The van der Waals surface area contributed by atoms with Gasteiger partial charge in [0.25, 0.3) is 6.43 Å². The summed E-state index contributed by atoms with van der Waals surface area (Å²) >= 11 is 2.91. The molecule has 0 fully saturated rings. The molecule has 0 aliphatic heterocycles. The molecule has 1 heterocycles. The summed E-state index contributed by atoms with van der Waals surface area (Å²) in [5.41, 5.74) is -0.971. The second kappa shape index (κ2) is 4.42. The SMILES string of the molecule is N#Cc1cc(C(F)F)c(CBr)nc1F. The molecule has 0 amide bonds. The Bertz CT molecular complexity index is 387. The third kappa shape index (κ3) is 2.04. The van der Waals surface area contributed by atoms with Gasteiger partial charge in [-0.25, -0.2) is 13.8 Å². The monoisotopic (exact) mass is 264 g/mol. The summed E-state index contributed by atoms with van der Waals surface area (Å²) in [5, 5.41) is 8.42. The third-order valence-electron chi connectivity index (χ3n) is 1.57. The van der Waals surface area contributed by atoms with E-state index in [1.54, 1.807) is 0 Å². The van der Waals surface area contributed by atoms with Crippen molar-refractivity contribution in [2.75, 3.05) is 0 Å². The summed E-state index contributed by atoms with van der Waals surface area (Å²) in [4.78, 5) is 3.27. The normalized spacial score (nSPS) is 10.3. The van der Waals surface area contributed by atoms with Gasteiger partial charge in [0.05, 0.1) is 5.69 Å². The van der Waals surface area contributed by atoms with Gasteiger partial charge in [0.2, 0.25) is 5.95 Å². The molecule has 2 nitrogen and oxygen atoms in total. The van der Waals surface area contributed by atoms with Gasteiger partial charge >= 0.3 is 0 Å². The van der Waals surface area contributed by atoms with E-state index < -0.39 is 23.5 Å². The van der Waals surface area contributed by atoms with Crippen molar-refractivity contribution in [1.82, 2.24) is 4.98 Å². The van der Waals surface area contributed by atoms with Gasteiger partial charge in [-0.3, -0.25) is 0 Å². The zero-order valence-electron chi connectivity index (χ0n) is 6.77. The molecule has 0 aliphatic rings. The standard InChI is InChI=1S/C8H4BrF3N2/c9-2-6-5(7(10)11)1-4(3-13)8(12)14-6/h1,7H,2H2. The largest absolute Gasteiger partial charge is 0.265 e. The van der Waals surface area contributed by atoms with E-state index >= 15 is 0 Å². The van der Waals surface area contributed by atoms with Gasteiger partial charge < -0.3 is 0 Å². The Kier molecular flexibility index (Phi) is 3.47. The fourth-order valence-electron chi connectivity index (χ4n) is 0.916. The van der Waals surface area contributed by atoms with Crippen molar-refractivity contribution >= 4 is 15.9 Å². The molecule has 0 atom stereocenters. The molecular weight excluding hydrogens is 261 g/mol. The molecule has 0 N–H and O–H groups in total. The Balaban J connectivity index is 3.34. The van der Waals surface area contributed by atoms with Crippen molar-refractivity contribution in [2.45, 2.75) is 11.8 Å². The van der Waals surface area contributed by atoms with Crippen LogP contribution in [-0.2, 0) is 5.33 Å². The lowest BCUT2D eigenvalue weighted by molar-refractivity contribution is 0.149. The van der Waals surface area contributed by atoms with E-state index in [2.05, 4.69) is 20.9 Å². The molecule has 1 rings (SSSR count). The van der Waals surface area contributed by atoms with E-state index in [4.69, 9.17) is 5.26 Å². The molecule has 1 aromatic rings. The maximum atomic E-state index is 12.9. The number of alkyl halides is 3. The van der Waals surface area contributed by atoms with Crippen LogP contribution in [0.25, 0.3) is 0 Å². The third-order valence-corrected chi connectivity index (χ3v) is 2.10. The summed E-state index contributed by atoms with van der Waals surface area (Å²) < 4.78 is 37.6. The summed E-state index contributed by atoms with van der Waals surface area (Å²) in [6.07, 6.45) is -2.76. The molecule has 0 spiro atoms. The van der Waals surface area contributed by atoms with E-state index in [0.29, 0.717) is 0 Å². The number of nitriles is 1. The lowest BCUT2D eigenvalue weighted by Crippen LogP contribution is -2.01. The van der Waals surface area contributed by atoms with Crippen molar-refractivity contribution in [3.63, 3.8) is 0 Å². The quantitative estimate of drug-likeness (QED) is 0.609. The molecule has 0 aliphatic carbocycles. The Morgan fingerprint density at radius 2 is 2.21 bits per heavy atom. The first kappa shape index (κ1) is 11.0. The number of rotatable bonds is 2. The van der Waals surface area contributed by atoms with E-state index in [0.717, 1.165) is 6.07 Å². The van der Waals surface area contributed by atoms with Crippen LogP contribution in [0.15, 0.2) is 6.07 Å². The zero-order valence-corrected chi connectivity index (χ0v) is 8.35. The number of halogens is 4. The summed E-state index contributed by atoms with van der Waals surface area (Å²) in [5.74, 6) is -1.02. The minimum atomic E-state index is -2.76. The van der Waals surface area contributed by atoms with Gasteiger partial charge in [-0.15, -0.1) is 0 Å². The maximum absolute atomic E-state index is 12.9. The highest BCUT2D eigenvalue weighted by Crippen LogP contribution is 2.25. The van der Waals surface area contributed by atoms with Crippen molar-refractivity contribution < 1.29 is 13.2 Å². The molecule has 0 saturated carbocycles. The number of pyridine rings is 1. The number of hydrogen-bond acceptors (Lipinski definition) is 2. The lowest BCUT2D eigenvalue weighted by Gasteiger charge is -2.05. The Labute approximate surface area is 86.5 Å². The van der Waals surface area contributed by atoms with E-state index in [1.807, 2.05) is 0 Å². The summed E-state index contributed by atoms with van der Waals surface area (Å²) in [6, 6.07) is 2.28. The molecule has 0 saturated heterocycles. The second-order valence-electron chi connectivity index (χ2n) is 2.41. The van der Waals surface area contributed by atoms with Crippen LogP contribution in [0.2, 0.25) is 0 Å². The topological polar surface area (TPSA) is 36.7 Å². The Hall–Kier alpha value is -1.09. The number of aromatic nitrogens is 1. The molecule has 74 valence electrons. The van der Waals surface area contributed by atoms with Gasteiger partial charge in [0.1, 0.15) is 11.6 Å². The maximum Gasteiger partial charge on any atom is 0.265 e. The average molecular weight is 265 g/mol. The van der Waals surface area contributed by atoms with Crippen molar-refractivity contribution in [2.24, 2.45) is 0 Å². The zero-order chi connectivity index (χ0) is 10.7. The van der Waals surface area contributed by atoms with E-state index in [9.17, 15) is 13.2 Å². The fraction of sp³-hybridized carbons (Fsp3) is 0.250. The Morgan fingerprint density at radius 1 is 1.57 bits per heavy atom.